The van der Waals surface area contributed by atoms with Gasteiger partial charge in [0.2, 0.25) is 0 Å². The van der Waals surface area contributed by atoms with Crippen LogP contribution in [-0.2, 0) is 13.5 Å². The number of aromatic nitrogens is 2. The second-order valence-electron chi connectivity index (χ2n) is 6.00. The van der Waals surface area contributed by atoms with E-state index in [1.807, 2.05) is 6.20 Å². The molecule has 1 aliphatic rings. The predicted molar refractivity (Wildman–Crippen MR) is 80.1 cm³/mol. The molecule has 2 atom stereocenters. The molecule has 2 unspecified atom stereocenters. The number of rotatable bonds is 7. The fourth-order valence-electron chi connectivity index (χ4n) is 3.35. The smallest absolute Gasteiger partial charge is 0.108 e. The van der Waals surface area contributed by atoms with E-state index >= 15 is 0 Å². The van der Waals surface area contributed by atoms with Gasteiger partial charge < -0.3 is 9.88 Å². The summed E-state index contributed by atoms with van der Waals surface area (Å²) >= 11 is 0. The molecule has 0 aromatic carbocycles. The Kier molecular flexibility index (Phi) is 5.90. The van der Waals surface area contributed by atoms with Crippen molar-refractivity contribution < 1.29 is 0 Å². The Hall–Kier alpha value is -0.830. The van der Waals surface area contributed by atoms with Crippen LogP contribution in [0.25, 0.3) is 0 Å². The maximum absolute atomic E-state index is 4.45. The van der Waals surface area contributed by atoms with Crippen molar-refractivity contribution >= 4 is 0 Å². The quantitative estimate of drug-likeness (QED) is 0.766. The molecule has 1 aromatic heterocycles. The van der Waals surface area contributed by atoms with Crippen molar-refractivity contribution in [3.05, 3.63) is 18.2 Å². The highest BCUT2D eigenvalue weighted by Crippen LogP contribution is 2.32. The molecule has 1 aliphatic carbocycles. The van der Waals surface area contributed by atoms with Crippen molar-refractivity contribution in [1.82, 2.24) is 14.9 Å². The van der Waals surface area contributed by atoms with Gasteiger partial charge in [-0.3, -0.25) is 0 Å². The van der Waals surface area contributed by atoms with Gasteiger partial charge in [0, 0.05) is 25.9 Å². The molecule has 0 saturated heterocycles. The monoisotopic (exact) mass is 263 g/mol. The fraction of sp³-hybridized carbons (Fsp3) is 0.812. The largest absolute Gasteiger partial charge is 0.338 e. The predicted octanol–water partition coefficient (Wildman–Crippen LogP) is 3.16. The number of hydrogen-bond acceptors (Lipinski definition) is 2. The second-order valence-corrected chi connectivity index (χ2v) is 6.00. The van der Waals surface area contributed by atoms with Crippen molar-refractivity contribution in [2.75, 3.05) is 13.1 Å². The fourth-order valence-corrected chi connectivity index (χ4v) is 3.35. The second kappa shape index (κ2) is 7.68. The summed E-state index contributed by atoms with van der Waals surface area (Å²) < 4.78 is 2.16. The summed E-state index contributed by atoms with van der Waals surface area (Å²) in [6.45, 7) is 4.63. The van der Waals surface area contributed by atoms with Gasteiger partial charge in [-0.25, -0.2) is 4.98 Å². The molecule has 2 rings (SSSR count). The van der Waals surface area contributed by atoms with E-state index in [0.717, 1.165) is 18.3 Å². The average Bonchev–Trinajstić information content (AvgIpc) is 2.83. The highest BCUT2D eigenvalue weighted by Gasteiger charge is 2.24. The van der Waals surface area contributed by atoms with Gasteiger partial charge in [0.05, 0.1) is 0 Å². The first kappa shape index (κ1) is 14.6. The molecule has 1 fully saturated rings. The Bertz CT molecular complexity index is 359. The van der Waals surface area contributed by atoms with Gasteiger partial charge >= 0.3 is 0 Å². The Labute approximate surface area is 117 Å². The topological polar surface area (TPSA) is 29.9 Å². The van der Waals surface area contributed by atoms with Gasteiger partial charge in [-0.2, -0.15) is 0 Å². The first-order valence-corrected chi connectivity index (χ1v) is 7.98. The highest BCUT2D eigenvalue weighted by atomic mass is 15.0. The number of nitrogens with one attached hydrogen (secondary N) is 1. The van der Waals surface area contributed by atoms with Crippen molar-refractivity contribution in [2.24, 2.45) is 18.9 Å². The summed E-state index contributed by atoms with van der Waals surface area (Å²) in [5.41, 5.74) is 0. The maximum Gasteiger partial charge on any atom is 0.108 e. The summed E-state index contributed by atoms with van der Waals surface area (Å²) in [6.07, 6.45) is 13.3. The van der Waals surface area contributed by atoms with Crippen LogP contribution >= 0.6 is 0 Å². The number of imidazole rings is 1. The van der Waals surface area contributed by atoms with E-state index in [1.165, 1.54) is 57.4 Å². The zero-order chi connectivity index (χ0) is 13.5. The highest BCUT2D eigenvalue weighted by molar-refractivity contribution is 4.92. The lowest BCUT2D eigenvalue weighted by molar-refractivity contribution is 0.217. The third kappa shape index (κ3) is 4.34. The van der Waals surface area contributed by atoms with E-state index < -0.39 is 0 Å². The van der Waals surface area contributed by atoms with E-state index in [2.05, 4.69) is 35.0 Å². The van der Waals surface area contributed by atoms with Crippen molar-refractivity contribution in [3.63, 3.8) is 0 Å². The number of hydrogen-bond donors (Lipinski definition) is 1. The third-order valence-corrected chi connectivity index (χ3v) is 4.56. The number of aryl methyl sites for hydroxylation is 2. The first-order valence-electron chi connectivity index (χ1n) is 7.98. The zero-order valence-corrected chi connectivity index (χ0v) is 12.6. The van der Waals surface area contributed by atoms with Gasteiger partial charge in [0.25, 0.3) is 0 Å². The molecule has 0 spiro atoms. The van der Waals surface area contributed by atoms with Crippen LogP contribution in [-0.4, -0.2) is 22.6 Å². The molecule has 0 amide bonds. The summed E-state index contributed by atoms with van der Waals surface area (Å²) in [7, 11) is 2.10. The van der Waals surface area contributed by atoms with E-state index in [-0.39, 0.29) is 0 Å². The Morgan fingerprint density at radius 2 is 2.11 bits per heavy atom. The van der Waals surface area contributed by atoms with Crippen LogP contribution in [0, 0.1) is 11.8 Å². The van der Waals surface area contributed by atoms with E-state index in [9.17, 15) is 0 Å². The van der Waals surface area contributed by atoms with Crippen LogP contribution in [0.2, 0.25) is 0 Å². The van der Waals surface area contributed by atoms with E-state index in [4.69, 9.17) is 0 Å². The van der Waals surface area contributed by atoms with Crippen LogP contribution in [0.5, 0.6) is 0 Å². The lowest BCUT2D eigenvalue weighted by atomic mass is 9.77. The summed E-state index contributed by atoms with van der Waals surface area (Å²) in [5, 5.41) is 3.62. The molecule has 0 bridgehead atoms. The minimum Gasteiger partial charge on any atom is -0.338 e. The molecule has 1 N–H and O–H groups in total. The number of nitrogens with zero attached hydrogens (tertiary/aromatic N) is 2. The lowest BCUT2D eigenvalue weighted by Gasteiger charge is -2.32. The summed E-state index contributed by atoms with van der Waals surface area (Å²) in [6, 6.07) is 0. The van der Waals surface area contributed by atoms with Gasteiger partial charge in [0.15, 0.2) is 0 Å². The van der Waals surface area contributed by atoms with Gasteiger partial charge in [-0.15, -0.1) is 0 Å². The molecule has 3 heteroatoms. The summed E-state index contributed by atoms with van der Waals surface area (Å²) in [5.74, 6) is 3.03. The molecule has 1 heterocycles. The van der Waals surface area contributed by atoms with Crippen LogP contribution in [0.15, 0.2) is 12.4 Å². The molecule has 19 heavy (non-hydrogen) atoms. The summed E-state index contributed by atoms with van der Waals surface area (Å²) in [4.78, 5) is 4.45. The molecule has 108 valence electrons. The normalized spacial score (nSPS) is 23.7. The van der Waals surface area contributed by atoms with Crippen molar-refractivity contribution in [1.29, 1.82) is 0 Å². The molecule has 1 aromatic rings. The van der Waals surface area contributed by atoms with Crippen LogP contribution in [0.4, 0.5) is 0 Å². The molecule has 0 aliphatic heterocycles. The van der Waals surface area contributed by atoms with Gasteiger partial charge in [-0.05, 0) is 44.2 Å². The minimum atomic E-state index is 0.889. The molecule has 1 saturated carbocycles. The lowest BCUT2D eigenvalue weighted by Crippen LogP contribution is -2.31. The molecule has 3 nitrogen and oxygen atoms in total. The van der Waals surface area contributed by atoms with Gasteiger partial charge in [-0.1, -0.05) is 26.2 Å². The molecular formula is C16H29N3. The Morgan fingerprint density at radius 3 is 2.79 bits per heavy atom. The van der Waals surface area contributed by atoms with Gasteiger partial charge in [0.1, 0.15) is 5.82 Å². The Balaban J connectivity index is 1.80. The minimum absolute atomic E-state index is 0.889. The van der Waals surface area contributed by atoms with E-state index in [0.29, 0.717) is 0 Å². The average molecular weight is 263 g/mol. The molecular weight excluding hydrogens is 234 g/mol. The SMILES string of the molecule is CCCNCC1CCCCC1CCc1nccn1C. The Morgan fingerprint density at radius 1 is 1.32 bits per heavy atom. The standard InChI is InChI=1S/C16H29N3/c1-3-10-17-13-15-7-5-4-6-14(15)8-9-16-18-11-12-19(16)2/h11-12,14-15,17H,3-10,13H2,1-2H3. The zero-order valence-electron chi connectivity index (χ0n) is 12.6. The van der Waals surface area contributed by atoms with Crippen LogP contribution < -0.4 is 5.32 Å². The van der Waals surface area contributed by atoms with Crippen molar-refractivity contribution in [2.45, 2.75) is 51.9 Å². The first-order chi connectivity index (χ1) is 9.31. The van der Waals surface area contributed by atoms with Crippen LogP contribution in [0.1, 0.15) is 51.3 Å². The third-order valence-electron chi connectivity index (χ3n) is 4.56. The van der Waals surface area contributed by atoms with Crippen molar-refractivity contribution in [3.8, 4) is 0 Å². The van der Waals surface area contributed by atoms with Crippen LogP contribution in [0.3, 0.4) is 0 Å². The molecule has 0 radical (unpaired) electrons. The van der Waals surface area contributed by atoms with E-state index in [1.54, 1.807) is 0 Å². The maximum atomic E-state index is 4.45.